The normalized spacial score (nSPS) is 12.5. The van der Waals surface area contributed by atoms with Gasteiger partial charge in [0.05, 0.1) is 6.10 Å². The highest BCUT2D eigenvalue weighted by atomic mass is 16.3. The van der Waals surface area contributed by atoms with Gasteiger partial charge in [0, 0.05) is 6.61 Å². The molecule has 0 aliphatic rings. The SMILES string of the molecule is CCCCCCCCCCCC(O)CCCCCCCCCCCCCCCCCO. The molecule has 0 fully saturated rings. The minimum atomic E-state index is -0.0424. The van der Waals surface area contributed by atoms with Crippen molar-refractivity contribution in [3.05, 3.63) is 0 Å². The van der Waals surface area contributed by atoms with Gasteiger partial charge in [-0.3, -0.25) is 0 Å². The third-order valence-corrected chi connectivity index (χ3v) is 6.84. The molecule has 2 nitrogen and oxygen atoms in total. The van der Waals surface area contributed by atoms with E-state index in [9.17, 15) is 5.11 Å². The Kier molecular flexibility index (Phi) is 27.9. The molecule has 2 heteroatoms. The molecule has 1 unspecified atom stereocenters. The van der Waals surface area contributed by atoms with Gasteiger partial charge in [-0.2, -0.15) is 0 Å². The number of rotatable bonds is 27. The third kappa shape index (κ3) is 27.9. The smallest absolute Gasteiger partial charge is 0.0540 e. The minimum Gasteiger partial charge on any atom is -0.396 e. The molecule has 188 valence electrons. The van der Waals surface area contributed by atoms with Crippen molar-refractivity contribution in [3.8, 4) is 0 Å². The van der Waals surface area contributed by atoms with Gasteiger partial charge in [0.15, 0.2) is 0 Å². The predicted octanol–water partition coefficient (Wildman–Crippen LogP) is 9.50. The molecule has 0 amide bonds. The topological polar surface area (TPSA) is 40.5 Å². The zero-order valence-electron chi connectivity index (χ0n) is 21.6. The van der Waals surface area contributed by atoms with Crippen LogP contribution in [0.1, 0.15) is 174 Å². The van der Waals surface area contributed by atoms with E-state index in [-0.39, 0.29) is 6.10 Å². The second-order valence-corrected chi connectivity index (χ2v) is 10.1. The van der Waals surface area contributed by atoms with Crippen LogP contribution in [0, 0.1) is 0 Å². The van der Waals surface area contributed by atoms with Crippen LogP contribution in [0.4, 0.5) is 0 Å². The standard InChI is InChI=1S/C29H60O2/c1-2-3-4-5-6-14-17-20-23-26-29(31)27-24-21-18-15-12-10-8-7-9-11-13-16-19-22-25-28-30/h29-31H,2-28H2,1H3. The third-order valence-electron chi connectivity index (χ3n) is 6.84. The highest BCUT2D eigenvalue weighted by Crippen LogP contribution is 2.16. The largest absolute Gasteiger partial charge is 0.396 e. The molecular weight excluding hydrogens is 380 g/mol. The Morgan fingerprint density at radius 2 is 0.645 bits per heavy atom. The van der Waals surface area contributed by atoms with Crippen LogP contribution in [0.3, 0.4) is 0 Å². The van der Waals surface area contributed by atoms with Crippen molar-refractivity contribution >= 4 is 0 Å². The first-order chi connectivity index (χ1) is 15.3. The van der Waals surface area contributed by atoms with E-state index in [0.29, 0.717) is 6.61 Å². The maximum Gasteiger partial charge on any atom is 0.0540 e. The van der Waals surface area contributed by atoms with Crippen LogP contribution < -0.4 is 0 Å². The number of aliphatic hydroxyl groups excluding tert-OH is 2. The highest BCUT2D eigenvalue weighted by Gasteiger charge is 2.03. The quantitative estimate of drug-likeness (QED) is 0.125. The van der Waals surface area contributed by atoms with Crippen LogP contribution >= 0.6 is 0 Å². The van der Waals surface area contributed by atoms with Gasteiger partial charge in [0.25, 0.3) is 0 Å². The lowest BCUT2D eigenvalue weighted by atomic mass is 10.0. The van der Waals surface area contributed by atoms with Crippen LogP contribution in [-0.2, 0) is 0 Å². The molecule has 0 aliphatic heterocycles. The summed E-state index contributed by atoms with van der Waals surface area (Å²) in [5.41, 5.74) is 0. The summed E-state index contributed by atoms with van der Waals surface area (Å²) < 4.78 is 0. The summed E-state index contributed by atoms with van der Waals surface area (Å²) in [6, 6.07) is 0. The van der Waals surface area contributed by atoms with Crippen LogP contribution in [0.15, 0.2) is 0 Å². The predicted molar refractivity (Wildman–Crippen MR) is 139 cm³/mol. The Balaban J connectivity index is 3.11. The lowest BCUT2D eigenvalue weighted by molar-refractivity contribution is 0.147. The fourth-order valence-electron chi connectivity index (χ4n) is 4.62. The van der Waals surface area contributed by atoms with E-state index in [1.54, 1.807) is 0 Å². The maximum atomic E-state index is 10.2. The van der Waals surface area contributed by atoms with Gasteiger partial charge in [-0.1, -0.05) is 155 Å². The van der Waals surface area contributed by atoms with Crippen molar-refractivity contribution in [2.24, 2.45) is 0 Å². The van der Waals surface area contributed by atoms with Gasteiger partial charge in [-0.25, -0.2) is 0 Å². The number of unbranched alkanes of at least 4 members (excludes halogenated alkanes) is 22. The Morgan fingerprint density at radius 3 is 0.935 bits per heavy atom. The molecule has 0 radical (unpaired) electrons. The first-order valence-corrected chi connectivity index (χ1v) is 14.6. The van der Waals surface area contributed by atoms with E-state index in [4.69, 9.17) is 5.11 Å². The van der Waals surface area contributed by atoms with Gasteiger partial charge < -0.3 is 10.2 Å². The van der Waals surface area contributed by atoms with Crippen molar-refractivity contribution in [3.63, 3.8) is 0 Å². The van der Waals surface area contributed by atoms with E-state index < -0.39 is 0 Å². The summed E-state index contributed by atoms with van der Waals surface area (Å²) in [5.74, 6) is 0. The van der Waals surface area contributed by atoms with Crippen molar-refractivity contribution in [2.45, 2.75) is 180 Å². The fraction of sp³-hybridized carbons (Fsp3) is 1.00. The van der Waals surface area contributed by atoms with Crippen molar-refractivity contribution in [1.82, 2.24) is 0 Å². The molecule has 2 N–H and O–H groups in total. The summed E-state index contributed by atoms with van der Waals surface area (Å²) in [5, 5.41) is 18.9. The first kappa shape index (κ1) is 30.9. The van der Waals surface area contributed by atoms with E-state index in [1.807, 2.05) is 0 Å². The Labute approximate surface area is 197 Å². The van der Waals surface area contributed by atoms with Crippen LogP contribution in [-0.4, -0.2) is 22.9 Å². The summed E-state index contributed by atoms with van der Waals surface area (Å²) in [7, 11) is 0. The second kappa shape index (κ2) is 28.0. The fourth-order valence-corrected chi connectivity index (χ4v) is 4.62. The number of aliphatic hydroxyl groups is 2. The summed E-state index contributed by atoms with van der Waals surface area (Å²) in [4.78, 5) is 0. The van der Waals surface area contributed by atoms with E-state index in [1.165, 1.54) is 148 Å². The van der Waals surface area contributed by atoms with Gasteiger partial charge in [0.2, 0.25) is 0 Å². The molecule has 0 saturated heterocycles. The number of hydrogen-bond donors (Lipinski definition) is 2. The van der Waals surface area contributed by atoms with E-state index in [0.717, 1.165) is 19.3 Å². The van der Waals surface area contributed by atoms with Crippen LogP contribution in [0.25, 0.3) is 0 Å². The molecule has 0 spiro atoms. The van der Waals surface area contributed by atoms with Crippen LogP contribution in [0.5, 0.6) is 0 Å². The molecule has 0 aromatic carbocycles. The maximum absolute atomic E-state index is 10.2. The Bertz CT molecular complexity index is 305. The number of hydrogen-bond acceptors (Lipinski definition) is 2. The zero-order valence-corrected chi connectivity index (χ0v) is 21.6. The Hall–Kier alpha value is -0.0800. The van der Waals surface area contributed by atoms with Crippen molar-refractivity contribution < 1.29 is 10.2 Å². The van der Waals surface area contributed by atoms with Crippen molar-refractivity contribution in [2.75, 3.05) is 6.61 Å². The second-order valence-electron chi connectivity index (χ2n) is 10.1. The molecule has 0 rings (SSSR count). The summed E-state index contributed by atoms with van der Waals surface area (Å²) in [6.45, 7) is 2.64. The molecule has 0 aromatic heterocycles. The van der Waals surface area contributed by atoms with Crippen molar-refractivity contribution in [1.29, 1.82) is 0 Å². The molecule has 0 aliphatic carbocycles. The zero-order chi connectivity index (χ0) is 22.7. The Morgan fingerprint density at radius 1 is 0.387 bits per heavy atom. The van der Waals surface area contributed by atoms with Gasteiger partial charge >= 0.3 is 0 Å². The van der Waals surface area contributed by atoms with Gasteiger partial charge in [-0.15, -0.1) is 0 Å². The summed E-state index contributed by atoms with van der Waals surface area (Å²) in [6.07, 6.45) is 34.3. The monoisotopic (exact) mass is 440 g/mol. The van der Waals surface area contributed by atoms with Crippen LogP contribution in [0.2, 0.25) is 0 Å². The molecule has 1 atom stereocenters. The molecule has 0 heterocycles. The molecule has 0 saturated carbocycles. The molecule has 0 aromatic rings. The minimum absolute atomic E-state index is 0.0424. The lowest BCUT2D eigenvalue weighted by Gasteiger charge is -2.10. The molecule has 0 bridgehead atoms. The van der Waals surface area contributed by atoms with E-state index >= 15 is 0 Å². The highest BCUT2D eigenvalue weighted by molar-refractivity contribution is 4.58. The molecular formula is C29H60O2. The first-order valence-electron chi connectivity index (χ1n) is 14.6. The summed E-state index contributed by atoms with van der Waals surface area (Å²) >= 11 is 0. The lowest BCUT2D eigenvalue weighted by Crippen LogP contribution is -2.05. The average Bonchev–Trinajstić information content (AvgIpc) is 2.77. The van der Waals surface area contributed by atoms with Gasteiger partial charge in [0.1, 0.15) is 0 Å². The average molecular weight is 441 g/mol. The molecule has 31 heavy (non-hydrogen) atoms. The van der Waals surface area contributed by atoms with Gasteiger partial charge in [-0.05, 0) is 19.3 Å². The van der Waals surface area contributed by atoms with E-state index in [2.05, 4.69) is 6.92 Å².